The van der Waals surface area contributed by atoms with Gasteiger partial charge in [-0.25, -0.2) is 13.5 Å². The number of benzene rings is 3. The van der Waals surface area contributed by atoms with Gasteiger partial charge in [0.15, 0.2) is 5.82 Å². The van der Waals surface area contributed by atoms with E-state index in [1.807, 2.05) is 35.0 Å². The van der Waals surface area contributed by atoms with Crippen molar-refractivity contribution in [2.24, 2.45) is 0 Å². The number of nitrogens with zero attached hydrogens (tertiary/aromatic N) is 6. The number of tetrazole rings is 1. The molecule has 0 spiro atoms. The van der Waals surface area contributed by atoms with Crippen molar-refractivity contribution in [1.29, 1.82) is 0 Å². The lowest BCUT2D eigenvalue weighted by Gasteiger charge is -2.40. The second-order valence-corrected chi connectivity index (χ2v) is 8.42. The van der Waals surface area contributed by atoms with Gasteiger partial charge in [0.2, 0.25) is 0 Å². The van der Waals surface area contributed by atoms with Gasteiger partial charge in [-0.3, -0.25) is 4.90 Å². The number of anilines is 1. The topological polar surface area (TPSA) is 50.1 Å². The molecule has 0 unspecified atom stereocenters. The summed E-state index contributed by atoms with van der Waals surface area (Å²) in [6.45, 7) is 3.37. The molecule has 1 fully saturated rings. The normalized spacial score (nSPS) is 15.4. The number of hydrogen-bond donors (Lipinski definition) is 0. The molecule has 0 amide bonds. The monoisotopic (exact) mass is 460 g/mol. The van der Waals surface area contributed by atoms with Crippen LogP contribution < -0.4 is 4.90 Å². The van der Waals surface area contributed by atoms with Crippen molar-refractivity contribution in [2.45, 2.75) is 19.0 Å². The van der Waals surface area contributed by atoms with Gasteiger partial charge in [-0.05, 0) is 52.2 Å². The van der Waals surface area contributed by atoms with Crippen molar-refractivity contribution < 1.29 is 8.78 Å². The second-order valence-electron chi connectivity index (χ2n) is 8.42. The maximum atomic E-state index is 14.3. The molecule has 0 radical (unpaired) electrons. The average molecular weight is 461 g/mol. The Hall–Kier alpha value is -3.65. The Labute approximate surface area is 197 Å². The third kappa shape index (κ3) is 4.82. The van der Waals surface area contributed by atoms with E-state index in [1.54, 1.807) is 18.2 Å². The first kappa shape index (κ1) is 22.2. The number of rotatable bonds is 7. The maximum absolute atomic E-state index is 14.3. The Bertz CT molecular complexity index is 1200. The molecule has 5 rings (SSSR count). The van der Waals surface area contributed by atoms with Crippen molar-refractivity contribution in [3.63, 3.8) is 0 Å². The van der Waals surface area contributed by atoms with Gasteiger partial charge in [0.1, 0.15) is 11.6 Å². The summed E-state index contributed by atoms with van der Waals surface area (Å²) in [5.74, 6) is 0.230. The third-order valence-corrected chi connectivity index (χ3v) is 6.32. The maximum Gasteiger partial charge on any atom is 0.173 e. The minimum Gasteiger partial charge on any atom is -0.367 e. The van der Waals surface area contributed by atoms with Crippen molar-refractivity contribution in [3.8, 4) is 0 Å². The minimum atomic E-state index is -0.282. The molecule has 1 aromatic heterocycles. The van der Waals surface area contributed by atoms with Crippen molar-refractivity contribution >= 4 is 5.69 Å². The zero-order valence-corrected chi connectivity index (χ0v) is 18.8. The average Bonchev–Trinajstić information content (AvgIpc) is 3.34. The first-order valence-corrected chi connectivity index (χ1v) is 11.5. The highest BCUT2D eigenvalue weighted by Gasteiger charge is 2.31. The van der Waals surface area contributed by atoms with Crippen LogP contribution in [-0.2, 0) is 13.0 Å². The van der Waals surface area contributed by atoms with E-state index in [1.165, 1.54) is 23.8 Å². The van der Waals surface area contributed by atoms with Crippen LogP contribution in [0.1, 0.15) is 23.0 Å². The first-order chi connectivity index (χ1) is 16.7. The fourth-order valence-corrected chi connectivity index (χ4v) is 4.54. The zero-order valence-electron chi connectivity index (χ0n) is 18.8. The van der Waals surface area contributed by atoms with Crippen LogP contribution in [0.25, 0.3) is 0 Å². The van der Waals surface area contributed by atoms with Crippen LogP contribution in [0.15, 0.2) is 78.9 Å². The van der Waals surface area contributed by atoms with E-state index in [9.17, 15) is 8.78 Å². The Kier molecular flexibility index (Phi) is 6.58. The Morgan fingerprint density at radius 3 is 2.24 bits per heavy atom. The van der Waals surface area contributed by atoms with E-state index < -0.39 is 0 Å². The summed E-state index contributed by atoms with van der Waals surface area (Å²) in [5.41, 5.74) is 2.76. The molecule has 4 aromatic rings. The van der Waals surface area contributed by atoms with Crippen LogP contribution in [0.4, 0.5) is 14.5 Å². The zero-order chi connectivity index (χ0) is 23.3. The van der Waals surface area contributed by atoms with Crippen LogP contribution >= 0.6 is 0 Å². The van der Waals surface area contributed by atoms with Crippen LogP contribution in [-0.4, -0.2) is 51.3 Å². The van der Waals surface area contributed by atoms with Gasteiger partial charge < -0.3 is 4.90 Å². The summed E-state index contributed by atoms with van der Waals surface area (Å²) in [6.07, 6.45) is 0.802. The van der Waals surface area contributed by atoms with E-state index >= 15 is 0 Å². The van der Waals surface area contributed by atoms with Gasteiger partial charge >= 0.3 is 0 Å². The van der Waals surface area contributed by atoms with Gasteiger partial charge in [0.25, 0.3) is 0 Å². The lowest BCUT2D eigenvalue weighted by molar-refractivity contribution is 0.200. The summed E-state index contributed by atoms with van der Waals surface area (Å²) in [5, 5.41) is 12.6. The molecule has 1 saturated heterocycles. The molecule has 1 atom stereocenters. The van der Waals surface area contributed by atoms with Crippen molar-refractivity contribution in [3.05, 3.63) is 107 Å². The van der Waals surface area contributed by atoms with Gasteiger partial charge in [0, 0.05) is 32.7 Å². The van der Waals surface area contributed by atoms with E-state index in [0.717, 1.165) is 17.8 Å². The Morgan fingerprint density at radius 2 is 1.50 bits per heavy atom. The number of para-hydroxylation sites is 1. The van der Waals surface area contributed by atoms with Gasteiger partial charge in [0.05, 0.1) is 11.7 Å². The van der Waals surface area contributed by atoms with E-state index in [-0.39, 0.29) is 17.7 Å². The molecule has 0 bridgehead atoms. The smallest absolute Gasteiger partial charge is 0.173 e. The quantitative estimate of drug-likeness (QED) is 0.416. The number of aryl methyl sites for hydroxylation is 2. The highest BCUT2D eigenvalue weighted by Crippen LogP contribution is 2.30. The molecule has 8 heteroatoms. The van der Waals surface area contributed by atoms with Crippen LogP contribution in [0, 0.1) is 11.6 Å². The van der Waals surface area contributed by atoms with Crippen LogP contribution in [0.3, 0.4) is 0 Å². The number of hydrogen-bond acceptors (Lipinski definition) is 5. The van der Waals surface area contributed by atoms with Gasteiger partial charge in [-0.2, -0.15) is 0 Å². The molecule has 0 aliphatic carbocycles. The standard InChI is InChI=1S/C26H26F2N6/c27-22-12-10-21(11-13-22)25(26-29-30-31-34(26)15-14-20-6-2-1-3-7-20)33-18-16-32(17-19-33)24-9-5-4-8-23(24)28/h1-13,25H,14-19H2/t25-/m0/s1. The highest BCUT2D eigenvalue weighted by atomic mass is 19.1. The molecule has 174 valence electrons. The molecule has 0 N–H and O–H groups in total. The molecule has 1 aliphatic rings. The molecule has 2 heterocycles. The number of aromatic nitrogens is 4. The fraction of sp³-hybridized carbons (Fsp3) is 0.269. The minimum absolute atomic E-state index is 0.212. The molecule has 3 aromatic carbocycles. The molecule has 34 heavy (non-hydrogen) atoms. The van der Waals surface area contributed by atoms with Crippen LogP contribution in [0.5, 0.6) is 0 Å². The predicted octanol–water partition coefficient (Wildman–Crippen LogP) is 4.11. The van der Waals surface area contributed by atoms with E-state index in [2.05, 4.69) is 37.5 Å². The van der Waals surface area contributed by atoms with Crippen molar-refractivity contribution in [1.82, 2.24) is 25.1 Å². The molecular formula is C26H26F2N6. The number of piperazine rings is 1. The number of halogens is 2. The molecule has 6 nitrogen and oxygen atoms in total. The van der Waals surface area contributed by atoms with E-state index in [0.29, 0.717) is 38.4 Å². The summed E-state index contributed by atoms with van der Waals surface area (Å²) < 4.78 is 29.8. The van der Waals surface area contributed by atoms with Crippen LogP contribution in [0.2, 0.25) is 0 Å². The summed E-state index contributed by atoms with van der Waals surface area (Å²) in [4.78, 5) is 4.35. The third-order valence-electron chi connectivity index (χ3n) is 6.32. The van der Waals surface area contributed by atoms with Crippen molar-refractivity contribution in [2.75, 3.05) is 31.1 Å². The molecular weight excluding hydrogens is 434 g/mol. The Morgan fingerprint density at radius 1 is 0.794 bits per heavy atom. The van der Waals surface area contributed by atoms with Gasteiger partial charge in [-0.15, -0.1) is 5.10 Å². The second kappa shape index (κ2) is 10.1. The lowest BCUT2D eigenvalue weighted by atomic mass is 10.0. The summed E-state index contributed by atoms with van der Waals surface area (Å²) in [6, 6.07) is 23.4. The fourth-order valence-electron chi connectivity index (χ4n) is 4.54. The highest BCUT2D eigenvalue weighted by molar-refractivity contribution is 5.48. The summed E-state index contributed by atoms with van der Waals surface area (Å²) >= 11 is 0. The lowest BCUT2D eigenvalue weighted by Crippen LogP contribution is -2.48. The summed E-state index contributed by atoms with van der Waals surface area (Å²) in [7, 11) is 0. The van der Waals surface area contributed by atoms with Gasteiger partial charge in [-0.1, -0.05) is 54.6 Å². The SMILES string of the molecule is Fc1ccc([C@@H](c2nnnn2CCc2ccccc2)N2CCN(c3ccccc3F)CC2)cc1. The largest absolute Gasteiger partial charge is 0.367 e. The molecule has 1 aliphatic heterocycles. The van der Waals surface area contributed by atoms with E-state index in [4.69, 9.17) is 0 Å². The first-order valence-electron chi connectivity index (χ1n) is 11.5. The Balaban J connectivity index is 1.39. The predicted molar refractivity (Wildman–Crippen MR) is 126 cm³/mol. The molecule has 0 saturated carbocycles.